The Bertz CT molecular complexity index is 572. The lowest BCUT2D eigenvalue weighted by atomic mass is 10.0. The molecule has 0 amide bonds. The molecule has 0 N–H and O–H groups in total. The fourth-order valence-corrected chi connectivity index (χ4v) is 2.08. The Balaban J connectivity index is 2.53. The second kappa shape index (κ2) is 4.54. The van der Waals surface area contributed by atoms with Crippen LogP contribution in [0, 0.1) is 18.3 Å². The van der Waals surface area contributed by atoms with Crippen LogP contribution >= 0.6 is 15.9 Å². The average molecular weight is 276 g/mol. The highest BCUT2D eigenvalue weighted by Crippen LogP contribution is 2.29. The van der Waals surface area contributed by atoms with Crippen molar-refractivity contribution in [3.8, 4) is 11.8 Å². The first-order valence-electron chi connectivity index (χ1n) is 4.91. The third-order valence-corrected chi connectivity index (χ3v) is 2.99. The van der Waals surface area contributed by atoms with E-state index in [4.69, 9.17) is 10.00 Å². The molecule has 0 aliphatic heterocycles. The summed E-state index contributed by atoms with van der Waals surface area (Å²) in [5.74, 6) is 0.774. The van der Waals surface area contributed by atoms with Crippen LogP contribution in [0.5, 0.6) is 5.75 Å². The summed E-state index contributed by atoms with van der Waals surface area (Å²) in [5, 5.41) is 10.8. The van der Waals surface area contributed by atoms with E-state index in [0.29, 0.717) is 0 Å². The zero-order chi connectivity index (χ0) is 11.5. The lowest BCUT2D eigenvalue weighted by Gasteiger charge is -2.09. The highest BCUT2D eigenvalue weighted by Gasteiger charge is 2.04. The Labute approximate surface area is 103 Å². The Kier molecular flexibility index (Phi) is 3.12. The number of hydrogen-bond acceptors (Lipinski definition) is 2. The second-order valence-electron chi connectivity index (χ2n) is 3.50. The van der Waals surface area contributed by atoms with E-state index < -0.39 is 0 Å². The van der Waals surface area contributed by atoms with Crippen LogP contribution in [0.3, 0.4) is 0 Å². The van der Waals surface area contributed by atoms with Gasteiger partial charge in [-0.1, -0.05) is 28.1 Å². The molecule has 3 heteroatoms. The van der Waals surface area contributed by atoms with Gasteiger partial charge in [-0.15, -0.1) is 0 Å². The fraction of sp³-hybridized carbons (Fsp3) is 0.154. The maximum atomic E-state index is 8.49. The van der Waals surface area contributed by atoms with Gasteiger partial charge in [0.1, 0.15) is 11.8 Å². The molecule has 0 heterocycles. The number of rotatable bonds is 2. The summed E-state index contributed by atoms with van der Waals surface area (Å²) in [6.07, 6.45) is 0. The molecule has 0 fully saturated rings. The number of ether oxygens (including phenoxy) is 1. The van der Waals surface area contributed by atoms with E-state index in [1.165, 1.54) is 0 Å². The van der Waals surface area contributed by atoms with Crippen LogP contribution in [0.1, 0.15) is 5.56 Å². The minimum absolute atomic E-state index is 0.0862. The maximum Gasteiger partial charge on any atom is 0.174 e. The molecular formula is C13H10BrNO. The molecule has 0 saturated heterocycles. The van der Waals surface area contributed by atoms with Gasteiger partial charge in [0, 0.05) is 4.47 Å². The predicted molar refractivity (Wildman–Crippen MR) is 67.5 cm³/mol. The van der Waals surface area contributed by atoms with Crippen molar-refractivity contribution in [2.24, 2.45) is 0 Å². The fourth-order valence-electron chi connectivity index (χ4n) is 1.70. The van der Waals surface area contributed by atoms with Crippen molar-refractivity contribution in [1.82, 2.24) is 0 Å². The van der Waals surface area contributed by atoms with E-state index in [0.717, 1.165) is 26.6 Å². The summed E-state index contributed by atoms with van der Waals surface area (Å²) in [7, 11) is 0. The number of aryl methyl sites for hydroxylation is 1. The van der Waals surface area contributed by atoms with E-state index >= 15 is 0 Å². The molecule has 0 unspecified atom stereocenters. The second-order valence-corrected chi connectivity index (χ2v) is 4.42. The van der Waals surface area contributed by atoms with Crippen LogP contribution < -0.4 is 4.74 Å². The summed E-state index contributed by atoms with van der Waals surface area (Å²) in [6.45, 7) is 2.09. The molecule has 0 bridgehead atoms. The van der Waals surface area contributed by atoms with Crippen molar-refractivity contribution < 1.29 is 4.74 Å². The molecule has 0 atom stereocenters. The summed E-state index contributed by atoms with van der Waals surface area (Å²) < 4.78 is 6.41. The Hall–Kier alpha value is -1.53. The predicted octanol–water partition coefficient (Wildman–Crippen LogP) is 3.81. The van der Waals surface area contributed by atoms with Gasteiger partial charge >= 0.3 is 0 Å². The van der Waals surface area contributed by atoms with Crippen LogP contribution in [-0.4, -0.2) is 6.61 Å². The number of halogens is 1. The van der Waals surface area contributed by atoms with Crippen molar-refractivity contribution in [2.75, 3.05) is 6.61 Å². The van der Waals surface area contributed by atoms with E-state index in [1.54, 1.807) is 0 Å². The largest absolute Gasteiger partial charge is 0.478 e. The number of benzene rings is 2. The third kappa shape index (κ3) is 2.02. The van der Waals surface area contributed by atoms with Gasteiger partial charge in [0.2, 0.25) is 0 Å². The molecule has 0 radical (unpaired) electrons. The molecule has 0 aromatic heterocycles. The molecule has 0 aliphatic carbocycles. The van der Waals surface area contributed by atoms with Gasteiger partial charge < -0.3 is 4.74 Å². The van der Waals surface area contributed by atoms with E-state index in [-0.39, 0.29) is 6.61 Å². The first-order chi connectivity index (χ1) is 7.72. The maximum absolute atomic E-state index is 8.49. The summed E-state index contributed by atoms with van der Waals surface area (Å²) in [5.41, 5.74) is 1.07. The lowest BCUT2D eigenvalue weighted by molar-refractivity contribution is 0.366. The van der Waals surface area contributed by atoms with Crippen LogP contribution in [0.25, 0.3) is 10.8 Å². The first kappa shape index (κ1) is 11.0. The van der Waals surface area contributed by atoms with Crippen molar-refractivity contribution in [3.05, 3.63) is 40.4 Å². The van der Waals surface area contributed by atoms with E-state index in [2.05, 4.69) is 22.0 Å². The molecule has 80 valence electrons. The highest BCUT2D eigenvalue weighted by atomic mass is 79.9. The van der Waals surface area contributed by atoms with Gasteiger partial charge in [-0.05, 0) is 41.5 Å². The highest BCUT2D eigenvalue weighted by molar-refractivity contribution is 9.10. The summed E-state index contributed by atoms with van der Waals surface area (Å²) in [6, 6.07) is 12.0. The molecule has 0 spiro atoms. The normalized spacial score (nSPS) is 10.1. The minimum atomic E-state index is 0.0862. The van der Waals surface area contributed by atoms with Gasteiger partial charge in [-0.25, -0.2) is 0 Å². The molecule has 2 rings (SSSR count). The number of nitrogens with zero attached hydrogens (tertiary/aromatic N) is 1. The van der Waals surface area contributed by atoms with Gasteiger partial charge in [-0.3, -0.25) is 0 Å². The van der Waals surface area contributed by atoms with Crippen molar-refractivity contribution >= 4 is 26.7 Å². The van der Waals surface area contributed by atoms with Crippen molar-refractivity contribution in [2.45, 2.75) is 6.92 Å². The van der Waals surface area contributed by atoms with Gasteiger partial charge in [0.25, 0.3) is 0 Å². The smallest absolute Gasteiger partial charge is 0.174 e. The van der Waals surface area contributed by atoms with Crippen LogP contribution in [-0.2, 0) is 0 Å². The molecule has 16 heavy (non-hydrogen) atoms. The molecule has 2 aromatic carbocycles. The first-order valence-corrected chi connectivity index (χ1v) is 5.70. The Morgan fingerprint density at radius 3 is 2.88 bits per heavy atom. The minimum Gasteiger partial charge on any atom is -0.478 e. The zero-order valence-corrected chi connectivity index (χ0v) is 10.4. The van der Waals surface area contributed by atoms with Crippen LogP contribution in [0.4, 0.5) is 0 Å². The van der Waals surface area contributed by atoms with E-state index in [1.807, 2.05) is 37.3 Å². The lowest BCUT2D eigenvalue weighted by Crippen LogP contribution is -1.95. The molecular weight excluding hydrogens is 266 g/mol. The van der Waals surface area contributed by atoms with E-state index in [9.17, 15) is 0 Å². The van der Waals surface area contributed by atoms with Crippen molar-refractivity contribution in [3.63, 3.8) is 0 Å². The monoisotopic (exact) mass is 275 g/mol. The number of fused-ring (bicyclic) bond motifs is 1. The third-order valence-electron chi connectivity index (χ3n) is 2.49. The standard InChI is InChI=1S/C13H10BrNO/c1-9-12-4-3-11(14)8-10(12)2-5-13(9)16-7-6-15/h2-5,8H,7H2,1H3. The van der Waals surface area contributed by atoms with Crippen molar-refractivity contribution in [1.29, 1.82) is 5.26 Å². The summed E-state index contributed by atoms with van der Waals surface area (Å²) in [4.78, 5) is 0. The quantitative estimate of drug-likeness (QED) is 0.835. The van der Waals surface area contributed by atoms with Crippen LogP contribution in [0.2, 0.25) is 0 Å². The molecule has 2 aromatic rings. The molecule has 0 aliphatic rings. The molecule has 0 saturated carbocycles. The Morgan fingerprint density at radius 2 is 2.12 bits per heavy atom. The van der Waals surface area contributed by atoms with Gasteiger partial charge in [0.05, 0.1) is 0 Å². The van der Waals surface area contributed by atoms with Gasteiger partial charge in [-0.2, -0.15) is 5.26 Å². The zero-order valence-electron chi connectivity index (χ0n) is 8.83. The number of nitriles is 1. The topological polar surface area (TPSA) is 33.0 Å². The van der Waals surface area contributed by atoms with Crippen LogP contribution in [0.15, 0.2) is 34.8 Å². The SMILES string of the molecule is Cc1c(OCC#N)ccc2cc(Br)ccc12. The number of hydrogen-bond donors (Lipinski definition) is 0. The Morgan fingerprint density at radius 1 is 1.31 bits per heavy atom. The summed E-state index contributed by atoms with van der Waals surface area (Å²) >= 11 is 3.44. The van der Waals surface area contributed by atoms with Gasteiger partial charge in [0.15, 0.2) is 6.61 Å². The average Bonchev–Trinajstić information content (AvgIpc) is 2.28. The molecule has 2 nitrogen and oxygen atoms in total.